The SMILES string of the molecule is CC(O)C(C)Sc1ccc(C(=O)O)c2ccccc12. The molecule has 0 radical (unpaired) electrons. The van der Waals surface area contributed by atoms with Crippen molar-refractivity contribution < 1.29 is 15.0 Å². The molecule has 0 aliphatic rings. The van der Waals surface area contributed by atoms with Gasteiger partial charge in [-0.15, -0.1) is 11.8 Å². The van der Waals surface area contributed by atoms with Crippen LogP contribution in [0, 0.1) is 0 Å². The smallest absolute Gasteiger partial charge is 0.336 e. The number of carbonyl (C=O) groups is 1. The highest BCUT2D eigenvalue weighted by atomic mass is 32.2. The molecule has 2 aromatic carbocycles. The van der Waals surface area contributed by atoms with Gasteiger partial charge in [0.15, 0.2) is 0 Å². The Morgan fingerprint density at radius 3 is 2.32 bits per heavy atom. The molecule has 2 rings (SSSR count). The van der Waals surface area contributed by atoms with Crippen molar-refractivity contribution in [1.82, 2.24) is 0 Å². The van der Waals surface area contributed by atoms with Gasteiger partial charge in [-0.3, -0.25) is 0 Å². The van der Waals surface area contributed by atoms with E-state index in [1.807, 2.05) is 37.3 Å². The number of hydrogen-bond donors (Lipinski definition) is 2. The summed E-state index contributed by atoms with van der Waals surface area (Å²) < 4.78 is 0. The lowest BCUT2D eigenvalue weighted by Gasteiger charge is -2.16. The van der Waals surface area contributed by atoms with E-state index >= 15 is 0 Å². The lowest BCUT2D eigenvalue weighted by molar-refractivity contribution is 0.0699. The lowest BCUT2D eigenvalue weighted by Crippen LogP contribution is -2.14. The van der Waals surface area contributed by atoms with Gasteiger partial charge < -0.3 is 10.2 Å². The lowest BCUT2D eigenvalue weighted by atomic mass is 10.0. The second-order valence-corrected chi connectivity index (χ2v) is 5.94. The fraction of sp³-hybridized carbons (Fsp3) is 0.267. The van der Waals surface area contributed by atoms with E-state index in [9.17, 15) is 15.0 Å². The zero-order valence-corrected chi connectivity index (χ0v) is 11.6. The molecule has 2 atom stereocenters. The number of aliphatic hydroxyl groups is 1. The molecule has 0 aromatic heterocycles. The summed E-state index contributed by atoms with van der Waals surface area (Å²) >= 11 is 1.56. The summed E-state index contributed by atoms with van der Waals surface area (Å²) in [5, 5.41) is 20.5. The Kier molecular flexibility index (Phi) is 4.12. The maximum atomic E-state index is 11.2. The summed E-state index contributed by atoms with van der Waals surface area (Å²) in [6.07, 6.45) is -0.414. The monoisotopic (exact) mass is 276 g/mol. The van der Waals surface area contributed by atoms with Gasteiger partial charge in [-0.2, -0.15) is 0 Å². The predicted octanol–water partition coefficient (Wildman–Crippen LogP) is 3.40. The number of thioether (sulfide) groups is 1. The topological polar surface area (TPSA) is 57.5 Å². The third kappa shape index (κ3) is 2.91. The molecule has 100 valence electrons. The van der Waals surface area contributed by atoms with Gasteiger partial charge in [0.25, 0.3) is 0 Å². The van der Waals surface area contributed by atoms with Crippen LogP contribution in [0.2, 0.25) is 0 Å². The van der Waals surface area contributed by atoms with Crippen LogP contribution in [0.25, 0.3) is 10.8 Å². The van der Waals surface area contributed by atoms with E-state index in [4.69, 9.17) is 0 Å². The van der Waals surface area contributed by atoms with Crippen molar-refractivity contribution in [2.45, 2.75) is 30.1 Å². The van der Waals surface area contributed by atoms with Crippen LogP contribution < -0.4 is 0 Å². The fourth-order valence-electron chi connectivity index (χ4n) is 1.86. The van der Waals surface area contributed by atoms with E-state index in [0.29, 0.717) is 5.56 Å². The van der Waals surface area contributed by atoms with E-state index in [1.165, 1.54) is 0 Å². The molecule has 4 heteroatoms. The van der Waals surface area contributed by atoms with E-state index < -0.39 is 12.1 Å². The van der Waals surface area contributed by atoms with E-state index in [0.717, 1.165) is 15.7 Å². The first-order valence-corrected chi connectivity index (χ1v) is 6.98. The molecule has 2 aromatic rings. The maximum Gasteiger partial charge on any atom is 0.336 e. The van der Waals surface area contributed by atoms with E-state index in [2.05, 4.69) is 0 Å². The second kappa shape index (κ2) is 5.63. The summed E-state index contributed by atoms with van der Waals surface area (Å²) in [5.41, 5.74) is 0.310. The third-order valence-electron chi connectivity index (χ3n) is 3.11. The molecule has 0 amide bonds. The number of aromatic carboxylic acids is 1. The molecule has 0 heterocycles. The number of carboxylic acids is 1. The Morgan fingerprint density at radius 1 is 1.11 bits per heavy atom. The van der Waals surface area contributed by atoms with Gasteiger partial charge in [0, 0.05) is 10.1 Å². The fourth-order valence-corrected chi connectivity index (χ4v) is 2.91. The number of hydrogen-bond acceptors (Lipinski definition) is 3. The Labute approximate surface area is 116 Å². The molecule has 3 nitrogen and oxygen atoms in total. The number of fused-ring (bicyclic) bond motifs is 1. The number of benzene rings is 2. The van der Waals surface area contributed by atoms with Crippen LogP contribution in [0.5, 0.6) is 0 Å². The van der Waals surface area contributed by atoms with Gasteiger partial charge in [-0.1, -0.05) is 31.2 Å². The van der Waals surface area contributed by atoms with Gasteiger partial charge in [0.05, 0.1) is 11.7 Å². The first-order valence-electron chi connectivity index (χ1n) is 6.10. The Balaban J connectivity index is 2.53. The minimum Gasteiger partial charge on any atom is -0.478 e. The molecule has 0 fully saturated rings. The summed E-state index contributed by atoms with van der Waals surface area (Å²) in [6.45, 7) is 3.71. The average molecular weight is 276 g/mol. The molecule has 0 saturated carbocycles. The van der Waals surface area contributed by atoms with Crippen molar-refractivity contribution in [2.24, 2.45) is 0 Å². The Morgan fingerprint density at radius 2 is 1.74 bits per heavy atom. The first-order chi connectivity index (χ1) is 9.00. The largest absolute Gasteiger partial charge is 0.478 e. The number of aliphatic hydroxyl groups excluding tert-OH is 1. The van der Waals surface area contributed by atoms with Crippen molar-refractivity contribution in [2.75, 3.05) is 0 Å². The molecule has 0 saturated heterocycles. The van der Waals surface area contributed by atoms with Gasteiger partial charge in [-0.05, 0) is 29.8 Å². The van der Waals surface area contributed by atoms with Crippen molar-refractivity contribution in [3.63, 3.8) is 0 Å². The highest BCUT2D eigenvalue weighted by molar-refractivity contribution is 8.00. The van der Waals surface area contributed by atoms with Crippen LogP contribution in [0.15, 0.2) is 41.3 Å². The van der Waals surface area contributed by atoms with Crippen molar-refractivity contribution >= 4 is 28.5 Å². The van der Waals surface area contributed by atoms with Gasteiger partial charge in [-0.25, -0.2) is 4.79 Å². The standard InChI is InChI=1S/C15H16O3S/c1-9(16)10(2)19-14-8-7-13(15(17)18)11-5-3-4-6-12(11)14/h3-10,16H,1-2H3,(H,17,18). The van der Waals surface area contributed by atoms with Crippen LogP contribution in [0.1, 0.15) is 24.2 Å². The highest BCUT2D eigenvalue weighted by Gasteiger charge is 2.15. The summed E-state index contributed by atoms with van der Waals surface area (Å²) in [5.74, 6) is -0.920. The second-order valence-electron chi connectivity index (χ2n) is 4.53. The highest BCUT2D eigenvalue weighted by Crippen LogP contribution is 2.33. The molecule has 2 N–H and O–H groups in total. The molecule has 2 unspecified atom stereocenters. The summed E-state index contributed by atoms with van der Waals surface area (Å²) in [6, 6.07) is 10.9. The Hall–Kier alpha value is -1.52. The maximum absolute atomic E-state index is 11.2. The molecule has 0 aliphatic heterocycles. The minimum absolute atomic E-state index is 0.0547. The molecule has 19 heavy (non-hydrogen) atoms. The third-order valence-corrected chi connectivity index (χ3v) is 4.48. The molecule has 0 bridgehead atoms. The molecule has 0 spiro atoms. The van der Waals surface area contributed by atoms with E-state index in [1.54, 1.807) is 24.8 Å². The van der Waals surface area contributed by atoms with Crippen molar-refractivity contribution in [3.8, 4) is 0 Å². The summed E-state index contributed by atoms with van der Waals surface area (Å²) in [7, 11) is 0. The van der Waals surface area contributed by atoms with Crippen molar-refractivity contribution in [1.29, 1.82) is 0 Å². The molecular weight excluding hydrogens is 260 g/mol. The number of rotatable bonds is 4. The minimum atomic E-state index is -0.920. The van der Waals surface area contributed by atoms with Gasteiger partial charge in [0.2, 0.25) is 0 Å². The summed E-state index contributed by atoms with van der Waals surface area (Å²) in [4.78, 5) is 12.2. The van der Waals surface area contributed by atoms with Gasteiger partial charge in [0.1, 0.15) is 0 Å². The van der Waals surface area contributed by atoms with Crippen LogP contribution >= 0.6 is 11.8 Å². The van der Waals surface area contributed by atoms with Gasteiger partial charge >= 0.3 is 5.97 Å². The predicted molar refractivity (Wildman–Crippen MR) is 77.9 cm³/mol. The van der Waals surface area contributed by atoms with Crippen LogP contribution in [-0.2, 0) is 0 Å². The zero-order chi connectivity index (χ0) is 14.0. The zero-order valence-electron chi connectivity index (χ0n) is 10.8. The normalized spacial score (nSPS) is 14.3. The quantitative estimate of drug-likeness (QED) is 0.840. The van der Waals surface area contributed by atoms with E-state index in [-0.39, 0.29) is 5.25 Å². The number of carboxylic acid groups (broad SMARTS) is 1. The van der Waals surface area contributed by atoms with Crippen LogP contribution in [-0.4, -0.2) is 27.5 Å². The molecular formula is C15H16O3S. The molecule has 0 aliphatic carbocycles. The Bertz CT molecular complexity index is 607. The first kappa shape index (κ1) is 13.9. The van der Waals surface area contributed by atoms with Crippen molar-refractivity contribution in [3.05, 3.63) is 42.0 Å². The van der Waals surface area contributed by atoms with Crippen LogP contribution in [0.3, 0.4) is 0 Å². The average Bonchev–Trinajstić information content (AvgIpc) is 2.38. The van der Waals surface area contributed by atoms with Crippen LogP contribution in [0.4, 0.5) is 0 Å².